The van der Waals surface area contributed by atoms with Crippen molar-refractivity contribution in [1.82, 2.24) is 0 Å². The van der Waals surface area contributed by atoms with Crippen molar-refractivity contribution < 1.29 is 0 Å². The molecule has 0 unspecified atom stereocenters. The van der Waals surface area contributed by atoms with Crippen LogP contribution in [0.5, 0.6) is 0 Å². The fraction of sp³-hybridized carbons (Fsp3) is 0.250. The predicted octanol–water partition coefficient (Wildman–Crippen LogP) is 14.1. The summed E-state index contributed by atoms with van der Waals surface area (Å²) in [7, 11) is 0. The average Bonchev–Trinajstić information content (AvgIpc) is 3.61. The zero-order chi connectivity index (χ0) is 41.5. The zero-order valence-electron chi connectivity index (χ0n) is 36.5. The molecule has 296 valence electrons. The van der Waals surface area contributed by atoms with Gasteiger partial charge in [-0.2, -0.15) is 0 Å². The Hall–Kier alpha value is -5.58. The SMILES string of the molecule is Cc1cc(C(C)(C)C)ccc1N1c2cc3c(cc2B2c4ccc5c(sc6ccccc65)c4N(c4ccccc4C)c4cc(-c5ccccc5)cc1c42)C(C)(C)CCC3(C)C. The van der Waals surface area contributed by atoms with Crippen LogP contribution in [0.4, 0.5) is 34.1 Å². The second-order valence-electron chi connectivity index (χ2n) is 20.1. The quantitative estimate of drug-likeness (QED) is 0.164. The molecule has 0 bridgehead atoms. The highest BCUT2D eigenvalue weighted by molar-refractivity contribution is 7.26. The molecule has 0 spiro atoms. The van der Waals surface area contributed by atoms with E-state index in [4.69, 9.17) is 0 Å². The van der Waals surface area contributed by atoms with E-state index in [0.29, 0.717) is 0 Å². The van der Waals surface area contributed by atoms with Crippen molar-refractivity contribution in [3.05, 3.63) is 161 Å². The van der Waals surface area contributed by atoms with E-state index in [2.05, 4.69) is 206 Å². The van der Waals surface area contributed by atoms with Crippen molar-refractivity contribution in [2.75, 3.05) is 9.80 Å². The van der Waals surface area contributed by atoms with Crippen LogP contribution in [0.15, 0.2) is 133 Å². The van der Waals surface area contributed by atoms with Crippen LogP contribution in [0.3, 0.4) is 0 Å². The summed E-state index contributed by atoms with van der Waals surface area (Å²) >= 11 is 1.94. The first-order valence-electron chi connectivity index (χ1n) is 21.8. The maximum atomic E-state index is 2.67. The fourth-order valence-electron chi connectivity index (χ4n) is 10.8. The molecule has 0 amide bonds. The molecule has 11 rings (SSSR count). The number of anilines is 6. The molecular formula is C56H53BN2S. The van der Waals surface area contributed by atoms with E-state index in [1.54, 1.807) is 0 Å². The first kappa shape index (κ1) is 37.4. The number of nitrogens with zero attached hydrogens (tertiary/aromatic N) is 2. The minimum atomic E-state index is 0.0382. The molecule has 0 N–H and O–H groups in total. The van der Waals surface area contributed by atoms with Gasteiger partial charge >= 0.3 is 0 Å². The molecule has 0 saturated carbocycles. The molecule has 2 nitrogen and oxygen atoms in total. The Bertz CT molecular complexity index is 3070. The molecule has 8 aromatic rings. The van der Waals surface area contributed by atoms with Crippen molar-refractivity contribution in [2.45, 2.75) is 91.4 Å². The largest absolute Gasteiger partial charge is 0.311 e. The lowest BCUT2D eigenvalue weighted by atomic mass is 9.33. The van der Waals surface area contributed by atoms with E-state index in [-0.39, 0.29) is 23.0 Å². The number of para-hydroxylation sites is 1. The average molecular weight is 797 g/mol. The summed E-state index contributed by atoms with van der Waals surface area (Å²) in [4.78, 5) is 5.31. The maximum absolute atomic E-state index is 2.67. The Labute approximate surface area is 360 Å². The van der Waals surface area contributed by atoms with Crippen LogP contribution >= 0.6 is 11.3 Å². The first-order chi connectivity index (χ1) is 28.7. The van der Waals surface area contributed by atoms with Gasteiger partial charge in [0.05, 0.1) is 10.4 Å². The van der Waals surface area contributed by atoms with Crippen LogP contribution in [0.2, 0.25) is 0 Å². The van der Waals surface area contributed by atoms with Gasteiger partial charge in [-0.1, -0.05) is 146 Å². The number of aryl methyl sites for hydroxylation is 2. The molecule has 1 aliphatic carbocycles. The summed E-state index contributed by atoms with van der Waals surface area (Å²) in [5, 5.41) is 2.66. The number of fused-ring (bicyclic) bond motifs is 9. The van der Waals surface area contributed by atoms with Gasteiger partial charge in [0.1, 0.15) is 0 Å². The van der Waals surface area contributed by atoms with E-state index in [1.807, 2.05) is 11.3 Å². The van der Waals surface area contributed by atoms with Gasteiger partial charge in [0, 0.05) is 43.9 Å². The van der Waals surface area contributed by atoms with Gasteiger partial charge in [-0.3, -0.25) is 0 Å². The molecule has 2 aliphatic heterocycles. The summed E-state index contributed by atoms with van der Waals surface area (Å²) in [6.07, 6.45) is 2.35. The Morgan fingerprint density at radius 1 is 0.533 bits per heavy atom. The van der Waals surface area contributed by atoms with Gasteiger partial charge < -0.3 is 9.80 Å². The highest BCUT2D eigenvalue weighted by Gasteiger charge is 2.47. The van der Waals surface area contributed by atoms with Crippen molar-refractivity contribution in [3.63, 3.8) is 0 Å². The summed E-state index contributed by atoms with van der Waals surface area (Å²) in [6.45, 7) is 21.5. The number of hydrogen-bond donors (Lipinski definition) is 0. The first-order valence-corrected chi connectivity index (χ1v) is 22.7. The smallest absolute Gasteiger partial charge is 0.252 e. The normalized spacial score (nSPS) is 16.1. The van der Waals surface area contributed by atoms with Gasteiger partial charge in [0.2, 0.25) is 0 Å². The lowest BCUT2D eigenvalue weighted by Crippen LogP contribution is -2.62. The molecule has 0 fully saturated rings. The molecule has 0 radical (unpaired) electrons. The third-order valence-electron chi connectivity index (χ3n) is 14.3. The maximum Gasteiger partial charge on any atom is 0.252 e. The van der Waals surface area contributed by atoms with E-state index in [9.17, 15) is 0 Å². The van der Waals surface area contributed by atoms with Crippen LogP contribution in [0, 0.1) is 13.8 Å². The molecule has 0 saturated heterocycles. The fourth-order valence-corrected chi connectivity index (χ4v) is 12.1. The van der Waals surface area contributed by atoms with E-state index < -0.39 is 0 Å². The summed E-state index contributed by atoms with van der Waals surface area (Å²) < 4.78 is 2.68. The standard InChI is InChI=1S/C56H53BN2S/c1-34-17-13-15-21-45(34)59-49-31-37(36-18-11-10-12-19-36)30-48-51(49)57(43-25-24-40-39-20-14-16-22-50(39)60-53(40)52(43)59)44-32-41-42(56(8,9)28-27-55(41,6)7)33-47(44)58(48)46-26-23-38(29-35(46)2)54(3,4)5/h10-26,29-33H,27-28H2,1-9H3. The summed E-state index contributed by atoms with van der Waals surface area (Å²) in [5.74, 6) is 0. The molecule has 0 atom stereocenters. The highest BCUT2D eigenvalue weighted by atomic mass is 32.1. The molecule has 7 aromatic carbocycles. The van der Waals surface area contributed by atoms with E-state index in [0.717, 1.165) is 0 Å². The van der Waals surface area contributed by atoms with Crippen molar-refractivity contribution in [3.8, 4) is 11.1 Å². The van der Waals surface area contributed by atoms with E-state index >= 15 is 0 Å². The van der Waals surface area contributed by atoms with Gasteiger partial charge in [-0.25, -0.2) is 0 Å². The second kappa shape index (κ2) is 13.0. The molecule has 60 heavy (non-hydrogen) atoms. The zero-order valence-corrected chi connectivity index (χ0v) is 37.3. The lowest BCUT2D eigenvalue weighted by molar-refractivity contribution is 0.332. The van der Waals surface area contributed by atoms with Crippen LogP contribution in [-0.2, 0) is 16.2 Å². The number of thiophene rings is 1. The van der Waals surface area contributed by atoms with Crippen molar-refractivity contribution in [2.24, 2.45) is 0 Å². The minimum Gasteiger partial charge on any atom is -0.311 e. The van der Waals surface area contributed by atoms with Gasteiger partial charge in [0.25, 0.3) is 6.71 Å². The van der Waals surface area contributed by atoms with Gasteiger partial charge in [0.15, 0.2) is 0 Å². The Kier molecular flexibility index (Phi) is 8.09. The highest BCUT2D eigenvalue weighted by Crippen LogP contribution is 2.53. The Balaban J connectivity index is 1.33. The monoisotopic (exact) mass is 796 g/mol. The van der Waals surface area contributed by atoms with Gasteiger partial charge in [-0.15, -0.1) is 11.3 Å². The topological polar surface area (TPSA) is 6.48 Å². The van der Waals surface area contributed by atoms with Crippen LogP contribution < -0.4 is 26.2 Å². The second-order valence-corrected chi connectivity index (χ2v) is 21.2. The molecule has 3 heterocycles. The Morgan fingerprint density at radius 3 is 1.90 bits per heavy atom. The van der Waals surface area contributed by atoms with E-state index in [1.165, 1.54) is 122 Å². The predicted molar refractivity (Wildman–Crippen MR) is 262 cm³/mol. The molecule has 3 aliphatic rings. The van der Waals surface area contributed by atoms with Gasteiger partial charge in [-0.05, 0) is 135 Å². The number of benzene rings is 7. The van der Waals surface area contributed by atoms with Crippen LogP contribution in [-0.4, -0.2) is 6.71 Å². The third-order valence-corrected chi connectivity index (χ3v) is 15.5. The summed E-state index contributed by atoms with van der Waals surface area (Å²) in [5.41, 5.74) is 21.3. The Morgan fingerprint density at radius 2 is 1.18 bits per heavy atom. The number of rotatable bonds is 3. The van der Waals surface area contributed by atoms with Crippen LogP contribution in [0.25, 0.3) is 31.3 Å². The molecule has 4 heteroatoms. The summed E-state index contributed by atoms with van der Waals surface area (Å²) in [6, 6.07) is 51.5. The van der Waals surface area contributed by atoms with Crippen molar-refractivity contribution in [1.29, 1.82) is 0 Å². The van der Waals surface area contributed by atoms with Crippen LogP contribution in [0.1, 0.15) is 89.1 Å². The number of hydrogen-bond acceptors (Lipinski definition) is 3. The lowest BCUT2D eigenvalue weighted by Gasteiger charge is -2.48. The molecular weight excluding hydrogens is 744 g/mol. The molecule has 1 aromatic heterocycles. The minimum absolute atomic E-state index is 0.0382. The van der Waals surface area contributed by atoms with Crippen molar-refractivity contribution >= 4 is 88.7 Å². The third kappa shape index (κ3) is 5.45.